The Balaban J connectivity index is 1.55. The zero-order chi connectivity index (χ0) is 19.0. The number of aromatic nitrogens is 2. The van der Waals surface area contributed by atoms with Gasteiger partial charge >= 0.3 is 0 Å². The predicted molar refractivity (Wildman–Crippen MR) is 101 cm³/mol. The monoisotopic (exact) mass is 370 g/mol. The molecule has 0 saturated heterocycles. The van der Waals surface area contributed by atoms with Gasteiger partial charge in [0.15, 0.2) is 0 Å². The Hall–Kier alpha value is -2.21. The zero-order valence-corrected chi connectivity index (χ0v) is 15.6. The molecule has 27 heavy (non-hydrogen) atoms. The molecule has 5 nitrogen and oxygen atoms in total. The summed E-state index contributed by atoms with van der Waals surface area (Å²) < 4.78 is 15.3. The molecular weight excluding hydrogens is 343 g/mol. The molecule has 1 heterocycles. The first-order valence-electron chi connectivity index (χ1n) is 9.81. The Morgan fingerprint density at radius 1 is 1.26 bits per heavy atom. The molecule has 3 atom stereocenters. The third-order valence-electron chi connectivity index (χ3n) is 6.39. The van der Waals surface area contributed by atoms with E-state index >= 15 is 0 Å². The maximum absolute atomic E-state index is 13.4. The second kappa shape index (κ2) is 7.43. The maximum atomic E-state index is 13.4. The van der Waals surface area contributed by atoms with Crippen molar-refractivity contribution in [3.05, 3.63) is 53.9 Å². The smallest absolute Gasteiger partial charge is 0.223 e. The minimum absolute atomic E-state index is 0.0108. The number of halogens is 1. The van der Waals surface area contributed by atoms with Crippen molar-refractivity contribution in [2.24, 2.45) is 30.5 Å². The van der Waals surface area contributed by atoms with Gasteiger partial charge in [0.1, 0.15) is 17.7 Å². The van der Waals surface area contributed by atoms with Crippen LogP contribution in [-0.4, -0.2) is 21.5 Å². The topological polar surface area (TPSA) is 72.9 Å². The number of carbonyl (C=O) groups excluding carboxylic acids is 1. The van der Waals surface area contributed by atoms with Crippen molar-refractivity contribution in [3.8, 4) is 0 Å². The van der Waals surface area contributed by atoms with Crippen molar-refractivity contribution < 1.29 is 9.18 Å². The minimum atomic E-state index is -0.395. The Morgan fingerprint density at radius 3 is 2.52 bits per heavy atom. The largest absolute Gasteiger partial charge is 0.342 e. The van der Waals surface area contributed by atoms with E-state index in [1.807, 2.05) is 17.8 Å². The second-order valence-electron chi connectivity index (χ2n) is 8.09. The molecule has 4 rings (SSSR count). The molecule has 2 aliphatic rings. The van der Waals surface area contributed by atoms with Gasteiger partial charge in [0.05, 0.1) is 0 Å². The molecule has 1 amide bonds. The van der Waals surface area contributed by atoms with Crippen molar-refractivity contribution >= 4 is 5.91 Å². The zero-order valence-electron chi connectivity index (χ0n) is 15.6. The number of imidazole rings is 1. The van der Waals surface area contributed by atoms with Crippen LogP contribution >= 0.6 is 0 Å². The first kappa shape index (κ1) is 18.2. The average molecular weight is 370 g/mol. The molecule has 144 valence electrons. The van der Waals surface area contributed by atoms with Crippen molar-refractivity contribution in [1.29, 1.82) is 0 Å². The van der Waals surface area contributed by atoms with Crippen molar-refractivity contribution in [3.63, 3.8) is 0 Å². The summed E-state index contributed by atoms with van der Waals surface area (Å²) in [5.74, 6) is 1.39. The number of hydrogen-bond donors (Lipinski definition) is 2. The van der Waals surface area contributed by atoms with E-state index in [1.165, 1.54) is 18.6 Å². The average Bonchev–Trinajstić information content (AvgIpc) is 3.06. The lowest BCUT2D eigenvalue weighted by molar-refractivity contribution is -0.128. The Bertz CT molecular complexity index is 789. The van der Waals surface area contributed by atoms with E-state index < -0.39 is 6.04 Å². The van der Waals surface area contributed by atoms with Gasteiger partial charge in [-0.2, -0.15) is 0 Å². The van der Waals surface area contributed by atoms with Crippen LogP contribution < -0.4 is 11.1 Å². The molecule has 0 aliphatic heterocycles. The number of rotatable bonds is 4. The van der Waals surface area contributed by atoms with Crippen molar-refractivity contribution in [1.82, 2.24) is 14.9 Å². The van der Waals surface area contributed by atoms with Gasteiger partial charge in [-0.15, -0.1) is 0 Å². The minimum Gasteiger partial charge on any atom is -0.342 e. The van der Waals surface area contributed by atoms with Crippen LogP contribution in [0.2, 0.25) is 0 Å². The number of fused-ring (bicyclic) bond motifs is 2. The van der Waals surface area contributed by atoms with Crippen LogP contribution in [0.25, 0.3) is 0 Å². The summed E-state index contributed by atoms with van der Waals surface area (Å²) in [5, 5.41) is 3.18. The molecular formula is C21H27FN4O. The SMILES string of the molecule is Cn1ccnc1C(NC(=O)C1CC2CCCC(C1)C2N)c1ccc(F)cc1. The number of nitrogens with one attached hydrogen (secondary N) is 1. The van der Waals surface area contributed by atoms with Gasteiger partial charge in [0.25, 0.3) is 0 Å². The summed E-state index contributed by atoms with van der Waals surface area (Å²) in [7, 11) is 1.90. The molecule has 0 spiro atoms. The fourth-order valence-electron chi connectivity index (χ4n) is 4.87. The number of nitrogens with zero attached hydrogens (tertiary/aromatic N) is 2. The maximum Gasteiger partial charge on any atom is 0.223 e. The molecule has 2 aromatic rings. The summed E-state index contributed by atoms with van der Waals surface area (Å²) in [5.41, 5.74) is 7.20. The molecule has 1 aromatic carbocycles. The quantitative estimate of drug-likeness (QED) is 0.869. The van der Waals surface area contributed by atoms with Crippen LogP contribution in [-0.2, 0) is 11.8 Å². The number of amides is 1. The predicted octanol–water partition coefficient (Wildman–Crippen LogP) is 2.92. The second-order valence-corrected chi connectivity index (χ2v) is 8.09. The van der Waals surface area contributed by atoms with Crippen molar-refractivity contribution in [2.45, 2.75) is 44.2 Å². The molecule has 6 heteroatoms. The highest BCUT2D eigenvalue weighted by Gasteiger charge is 2.41. The summed E-state index contributed by atoms with van der Waals surface area (Å²) >= 11 is 0. The third kappa shape index (κ3) is 3.63. The standard InChI is InChI=1S/C21H27FN4O/c1-26-10-9-24-20(26)19(13-5-7-17(22)8-6-13)25-21(27)16-11-14-3-2-4-15(12-16)18(14)23/h5-10,14-16,18-19H,2-4,11-12,23H2,1H3,(H,25,27). The van der Waals surface area contributed by atoms with Gasteiger partial charge in [0.2, 0.25) is 5.91 Å². The van der Waals surface area contributed by atoms with Crippen LogP contribution in [0.3, 0.4) is 0 Å². The van der Waals surface area contributed by atoms with E-state index in [0.29, 0.717) is 11.8 Å². The van der Waals surface area contributed by atoms with Gasteiger partial charge in [-0.1, -0.05) is 18.6 Å². The highest BCUT2D eigenvalue weighted by atomic mass is 19.1. The lowest BCUT2D eigenvalue weighted by atomic mass is 9.65. The van der Waals surface area contributed by atoms with E-state index in [9.17, 15) is 9.18 Å². The van der Waals surface area contributed by atoms with Gasteiger partial charge in [-0.3, -0.25) is 4.79 Å². The van der Waals surface area contributed by atoms with E-state index in [2.05, 4.69) is 10.3 Å². The Morgan fingerprint density at radius 2 is 1.93 bits per heavy atom. The number of carbonyl (C=O) groups is 1. The first-order chi connectivity index (χ1) is 13.0. The molecule has 3 unspecified atom stereocenters. The highest BCUT2D eigenvalue weighted by Crippen LogP contribution is 2.42. The summed E-state index contributed by atoms with van der Waals surface area (Å²) in [6.07, 6.45) is 8.76. The summed E-state index contributed by atoms with van der Waals surface area (Å²) in [4.78, 5) is 17.5. The summed E-state index contributed by atoms with van der Waals surface area (Å²) in [6.45, 7) is 0. The van der Waals surface area contributed by atoms with Crippen molar-refractivity contribution in [2.75, 3.05) is 0 Å². The van der Waals surface area contributed by atoms with E-state index in [1.54, 1.807) is 18.3 Å². The molecule has 2 aliphatic carbocycles. The molecule has 2 fully saturated rings. The Kier molecular flexibility index (Phi) is 5.00. The number of benzene rings is 1. The number of nitrogens with two attached hydrogens (primary N) is 1. The molecule has 1 aromatic heterocycles. The van der Waals surface area contributed by atoms with E-state index in [4.69, 9.17) is 5.73 Å². The third-order valence-corrected chi connectivity index (χ3v) is 6.39. The van der Waals surface area contributed by atoms with E-state index in [0.717, 1.165) is 37.1 Å². The lowest BCUT2D eigenvalue weighted by Crippen LogP contribution is -2.49. The van der Waals surface area contributed by atoms with Gasteiger partial charge in [-0.25, -0.2) is 9.37 Å². The molecule has 2 saturated carbocycles. The normalized spacial score (nSPS) is 28.6. The van der Waals surface area contributed by atoms with Crippen LogP contribution in [0.5, 0.6) is 0 Å². The van der Waals surface area contributed by atoms with Crippen LogP contribution in [0.4, 0.5) is 4.39 Å². The number of hydrogen-bond acceptors (Lipinski definition) is 3. The molecule has 3 N–H and O–H groups in total. The first-order valence-corrected chi connectivity index (χ1v) is 9.81. The van der Waals surface area contributed by atoms with Gasteiger partial charge in [0, 0.05) is 31.4 Å². The fourth-order valence-corrected chi connectivity index (χ4v) is 4.87. The van der Waals surface area contributed by atoms with Gasteiger partial charge in [-0.05, 0) is 55.2 Å². The van der Waals surface area contributed by atoms with Crippen LogP contribution in [0.15, 0.2) is 36.7 Å². The number of aryl methyl sites for hydroxylation is 1. The lowest BCUT2D eigenvalue weighted by Gasteiger charge is -2.43. The summed E-state index contributed by atoms with van der Waals surface area (Å²) in [6, 6.07) is 6.10. The fraction of sp³-hybridized carbons (Fsp3) is 0.524. The highest BCUT2D eigenvalue weighted by molar-refractivity contribution is 5.79. The molecule has 0 radical (unpaired) electrons. The van der Waals surface area contributed by atoms with Gasteiger partial charge < -0.3 is 15.6 Å². The molecule has 2 bridgehead atoms. The van der Waals surface area contributed by atoms with Crippen LogP contribution in [0, 0.1) is 23.6 Å². The Labute approximate surface area is 159 Å². The van der Waals surface area contributed by atoms with E-state index in [-0.39, 0.29) is 23.7 Å². The van der Waals surface area contributed by atoms with Crippen LogP contribution in [0.1, 0.15) is 49.5 Å².